The van der Waals surface area contributed by atoms with Gasteiger partial charge in [-0.25, -0.2) is 9.59 Å². The van der Waals surface area contributed by atoms with E-state index in [0.29, 0.717) is 16.8 Å². The van der Waals surface area contributed by atoms with Crippen LogP contribution in [0, 0.1) is 11.3 Å². The number of methoxy groups -OCH3 is 2. The number of allylic oxidation sites excluding steroid dienone is 1. The number of nitrogens with zero attached hydrogens (tertiary/aromatic N) is 3. The summed E-state index contributed by atoms with van der Waals surface area (Å²) in [6.07, 6.45) is -0.00103. The van der Waals surface area contributed by atoms with Crippen LogP contribution in [0.15, 0.2) is 77.3 Å². The fraction of sp³-hybridized carbons (Fsp3) is 0.231. The topological polar surface area (TPSA) is 126 Å². The molecular formula is C26H26N4O5. The molecule has 0 aromatic heterocycles. The van der Waals surface area contributed by atoms with Gasteiger partial charge in [-0.15, -0.1) is 0 Å². The Kier molecular flexibility index (Phi) is 7.56. The van der Waals surface area contributed by atoms with Crippen molar-refractivity contribution in [2.75, 3.05) is 33.2 Å². The Labute approximate surface area is 203 Å². The number of benzene rings is 2. The second kappa shape index (κ2) is 10.6. The van der Waals surface area contributed by atoms with E-state index < -0.39 is 17.9 Å². The summed E-state index contributed by atoms with van der Waals surface area (Å²) in [4.78, 5) is 41.6. The highest BCUT2D eigenvalue weighted by molar-refractivity contribution is 6.06. The van der Waals surface area contributed by atoms with Gasteiger partial charge in [-0.05, 0) is 17.2 Å². The van der Waals surface area contributed by atoms with Crippen molar-refractivity contribution in [2.45, 2.75) is 12.3 Å². The zero-order valence-electron chi connectivity index (χ0n) is 19.9. The number of para-hydroxylation sites is 1. The van der Waals surface area contributed by atoms with Gasteiger partial charge in [0.1, 0.15) is 11.5 Å². The van der Waals surface area contributed by atoms with Crippen molar-refractivity contribution >= 4 is 23.5 Å². The largest absolute Gasteiger partial charge is 0.466 e. The van der Waals surface area contributed by atoms with E-state index in [4.69, 9.17) is 15.2 Å². The molecule has 0 bridgehead atoms. The van der Waals surface area contributed by atoms with Gasteiger partial charge in [0.05, 0.1) is 49.5 Å². The van der Waals surface area contributed by atoms with E-state index in [1.165, 1.54) is 24.0 Å². The minimum Gasteiger partial charge on any atom is -0.466 e. The van der Waals surface area contributed by atoms with Gasteiger partial charge >= 0.3 is 11.9 Å². The molecule has 9 heteroatoms. The summed E-state index contributed by atoms with van der Waals surface area (Å²) in [6.45, 7) is 0. The number of likely N-dealkylation sites (N-methyl/N-ethyl adjacent to an activating group) is 1. The third kappa shape index (κ3) is 4.73. The van der Waals surface area contributed by atoms with E-state index in [1.54, 1.807) is 68.7 Å². The zero-order valence-corrected chi connectivity index (χ0v) is 19.9. The quantitative estimate of drug-likeness (QED) is 0.632. The van der Waals surface area contributed by atoms with Crippen molar-refractivity contribution in [3.63, 3.8) is 0 Å². The van der Waals surface area contributed by atoms with Crippen LogP contribution in [-0.2, 0) is 30.3 Å². The Morgan fingerprint density at radius 2 is 1.60 bits per heavy atom. The smallest absolute Gasteiger partial charge is 0.355 e. The molecule has 3 rings (SSSR count). The van der Waals surface area contributed by atoms with Crippen LogP contribution in [-0.4, -0.2) is 51.1 Å². The molecule has 2 aromatic rings. The second-order valence-corrected chi connectivity index (χ2v) is 7.93. The molecule has 1 aliphatic heterocycles. The van der Waals surface area contributed by atoms with Crippen LogP contribution in [0.2, 0.25) is 0 Å². The molecule has 1 aliphatic rings. The summed E-state index contributed by atoms with van der Waals surface area (Å²) >= 11 is 0. The van der Waals surface area contributed by atoms with E-state index in [0.717, 1.165) is 0 Å². The van der Waals surface area contributed by atoms with Crippen molar-refractivity contribution in [3.8, 4) is 6.07 Å². The first-order chi connectivity index (χ1) is 16.8. The average Bonchev–Trinajstić information content (AvgIpc) is 2.87. The summed E-state index contributed by atoms with van der Waals surface area (Å²) < 4.78 is 10.1. The number of ether oxygens (including phenoxy) is 2. The molecule has 2 aromatic carbocycles. The minimum absolute atomic E-state index is 0.00103. The molecule has 35 heavy (non-hydrogen) atoms. The highest BCUT2D eigenvalue weighted by atomic mass is 16.5. The molecule has 0 radical (unpaired) electrons. The van der Waals surface area contributed by atoms with Gasteiger partial charge in [0, 0.05) is 14.1 Å². The molecule has 0 fully saturated rings. The fourth-order valence-electron chi connectivity index (χ4n) is 3.96. The summed E-state index contributed by atoms with van der Waals surface area (Å²) in [5.74, 6) is -2.86. The van der Waals surface area contributed by atoms with Gasteiger partial charge in [-0.3, -0.25) is 9.69 Å². The maximum Gasteiger partial charge on any atom is 0.355 e. The molecule has 9 nitrogen and oxygen atoms in total. The Morgan fingerprint density at radius 3 is 2.17 bits per heavy atom. The maximum absolute atomic E-state index is 13.2. The van der Waals surface area contributed by atoms with Crippen molar-refractivity contribution in [1.29, 1.82) is 5.26 Å². The molecule has 2 N–H and O–H groups in total. The summed E-state index contributed by atoms with van der Waals surface area (Å²) in [7, 11) is 5.64. The first-order valence-electron chi connectivity index (χ1n) is 10.7. The van der Waals surface area contributed by atoms with Crippen molar-refractivity contribution in [2.24, 2.45) is 5.73 Å². The Balaban J connectivity index is 2.39. The van der Waals surface area contributed by atoms with Crippen molar-refractivity contribution < 1.29 is 23.9 Å². The van der Waals surface area contributed by atoms with Gasteiger partial charge in [0.25, 0.3) is 0 Å². The Bertz CT molecular complexity index is 1260. The van der Waals surface area contributed by atoms with Crippen LogP contribution >= 0.6 is 0 Å². The number of carbonyl (C=O) groups excluding carboxylic acids is 3. The number of anilines is 1. The highest BCUT2D eigenvalue weighted by Crippen LogP contribution is 2.43. The van der Waals surface area contributed by atoms with E-state index >= 15 is 0 Å². The Hall–Kier alpha value is -4.58. The number of nitrogens with two attached hydrogens (primary N) is 1. The van der Waals surface area contributed by atoms with Gasteiger partial charge in [0.2, 0.25) is 5.91 Å². The molecule has 1 amide bonds. The lowest BCUT2D eigenvalue weighted by Crippen LogP contribution is -2.41. The molecule has 0 saturated carbocycles. The maximum atomic E-state index is 13.2. The third-order valence-corrected chi connectivity index (χ3v) is 5.68. The van der Waals surface area contributed by atoms with Crippen LogP contribution in [0.3, 0.4) is 0 Å². The predicted octanol–water partition coefficient (Wildman–Crippen LogP) is 2.22. The molecule has 0 aliphatic carbocycles. The van der Waals surface area contributed by atoms with Crippen LogP contribution < -0.4 is 10.6 Å². The molecule has 1 heterocycles. The van der Waals surface area contributed by atoms with E-state index in [9.17, 15) is 19.6 Å². The number of hydrogen-bond acceptors (Lipinski definition) is 8. The van der Waals surface area contributed by atoms with Crippen LogP contribution in [0.4, 0.5) is 5.69 Å². The van der Waals surface area contributed by atoms with Crippen LogP contribution in [0.25, 0.3) is 0 Å². The molecule has 0 spiro atoms. The lowest BCUT2D eigenvalue weighted by atomic mass is 9.80. The van der Waals surface area contributed by atoms with Crippen molar-refractivity contribution in [1.82, 2.24) is 4.90 Å². The molecule has 1 unspecified atom stereocenters. The SMILES string of the molecule is COC(=O)C1=C(C(=O)OC)N(c2ccccc2CC(=O)N(C)C)C(N)=C(C#N)C1c1ccccc1. The summed E-state index contributed by atoms with van der Waals surface area (Å²) in [6, 6.07) is 17.7. The lowest BCUT2D eigenvalue weighted by molar-refractivity contribution is -0.139. The van der Waals surface area contributed by atoms with E-state index in [1.807, 2.05) is 0 Å². The van der Waals surface area contributed by atoms with Gasteiger partial charge in [0.15, 0.2) is 0 Å². The molecule has 1 atom stereocenters. The standard InChI is InChI=1S/C26H26N4O5/c1-29(2)20(31)14-17-12-8-9-13-19(17)30-23(26(33)35-4)22(25(32)34-3)21(18(15-27)24(30)28)16-10-6-5-7-11-16/h5-13,21H,14,28H2,1-4H3. The van der Waals surface area contributed by atoms with Gasteiger partial charge in [-0.2, -0.15) is 5.26 Å². The second-order valence-electron chi connectivity index (χ2n) is 7.93. The van der Waals surface area contributed by atoms with Crippen LogP contribution in [0.1, 0.15) is 17.0 Å². The highest BCUT2D eigenvalue weighted by Gasteiger charge is 2.43. The molecular weight excluding hydrogens is 448 g/mol. The average molecular weight is 475 g/mol. The van der Waals surface area contributed by atoms with Gasteiger partial charge < -0.3 is 20.1 Å². The van der Waals surface area contributed by atoms with E-state index in [-0.39, 0.29) is 35.0 Å². The van der Waals surface area contributed by atoms with E-state index in [2.05, 4.69) is 6.07 Å². The summed E-state index contributed by atoms with van der Waals surface area (Å²) in [5, 5.41) is 10.1. The van der Waals surface area contributed by atoms with Crippen LogP contribution in [0.5, 0.6) is 0 Å². The number of carbonyl (C=O) groups is 3. The first kappa shape index (κ1) is 25.1. The summed E-state index contributed by atoms with van der Waals surface area (Å²) in [5.41, 5.74) is 7.78. The monoisotopic (exact) mass is 474 g/mol. The van der Waals surface area contributed by atoms with Crippen molar-refractivity contribution in [3.05, 3.63) is 88.4 Å². The number of rotatable bonds is 6. The molecule has 0 saturated heterocycles. The third-order valence-electron chi connectivity index (χ3n) is 5.68. The normalized spacial score (nSPS) is 15.4. The number of nitriles is 1. The zero-order chi connectivity index (χ0) is 25.7. The molecule has 180 valence electrons. The first-order valence-corrected chi connectivity index (χ1v) is 10.7. The fourth-order valence-corrected chi connectivity index (χ4v) is 3.96. The number of esters is 2. The number of hydrogen-bond donors (Lipinski definition) is 1. The number of amides is 1. The minimum atomic E-state index is -0.963. The predicted molar refractivity (Wildman–Crippen MR) is 128 cm³/mol. The lowest BCUT2D eigenvalue weighted by Gasteiger charge is -2.36. The van der Waals surface area contributed by atoms with Gasteiger partial charge in [-0.1, -0.05) is 48.5 Å². The Morgan fingerprint density at radius 1 is 1.00 bits per heavy atom.